The molecule has 3 N–H and O–H groups in total. The average Bonchev–Trinajstić information content (AvgIpc) is 2.94. The number of rotatable bonds is 10. The molecule has 1 fully saturated rings. The molecule has 0 amide bonds. The number of aryl methyl sites for hydroxylation is 1. The minimum atomic E-state index is -0.330. The van der Waals surface area contributed by atoms with Crippen LogP contribution in [0.25, 0.3) is 0 Å². The van der Waals surface area contributed by atoms with Gasteiger partial charge >= 0.3 is 0 Å². The Morgan fingerprint density at radius 3 is 2.61 bits per heavy atom. The number of phenolic OH excluding ortho intramolecular Hbond substituents is 1. The third kappa shape index (κ3) is 7.26. The molecule has 31 heavy (non-hydrogen) atoms. The molecular formula is C27H38O4. The summed E-state index contributed by atoms with van der Waals surface area (Å²) in [6, 6.07) is 16.1. The van der Waals surface area contributed by atoms with Gasteiger partial charge in [-0.3, -0.25) is 0 Å². The topological polar surface area (TPSA) is 69.9 Å². The number of phenols is 1. The first-order valence-corrected chi connectivity index (χ1v) is 11.9. The second kappa shape index (κ2) is 12.1. The van der Waals surface area contributed by atoms with E-state index < -0.39 is 0 Å². The molecule has 3 rings (SSSR count). The van der Waals surface area contributed by atoms with Crippen molar-refractivity contribution in [2.45, 2.75) is 82.8 Å². The van der Waals surface area contributed by atoms with Crippen LogP contribution in [0.1, 0.15) is 75.3 Å². The fourth-order valence-corrected chi connectivity index (χ4v) is 4.94. The van der Waals surface area contributed by atoms with Gasteiger partial charge in [-0.05, 0) is 87.3 Å². The largest absolute Gasteiger partial charge is 0.508 e. The number of hydrogen-bond donors (Lipinski definition) is 3. The van der Waals surface area contributed by atoms with Crippen LogP contribution in [0.3, 0.4) is 0 Å². The fraction of sp³-hybridized carbons (Fsp3) is 0.556. The van der Waals surface area contributed by atoms with Gasteiger partial charge in [-0.25, -0.2) is 0 Å². The van der Waals surface area contributed by atoms with Gasteiger partial charge in [0.25, 0.3) is 0 Å². The number of aliphatic hydroxyl groups excluding tert-OH is 2. The van der Waals surface area contributed by atoms with E-state index in [0.717, 1.165) is 56.9 Å². The second-order valence-electron chi connectivity index (χ2n) is 9.08. The van der Waals surface area contributed by atoms with Crippen molar-refractivity contribution in [1.29, 1.82) is 0 Å². The molecular weight excluding hydrogens is 388 g/mol. The molecule has 1 unspecified atom stereocenters. The van der Waals surface area contributed by atoms with Crippen LogP contribution in [0.2, 0.25) is 0 Å². The van der Waals surface area contributed by atoms with Gasteiger partial charge in [-0.2, -0.15) is 0 Å². The lowest BCUT2D eigenvalue weighted by molar-refractivity contribution is 0.147. The van der Waals surface area contributed by atoms with Crippen molar-refractivity contribution in [3.05, 3.63) is 59.7 Å². The van der Waals surface area contributed by atoms with Crippen LogP contribution in [0.4, 0.5) is 0 Å². The first kappa shape index (κ1) is 23.6. The van der Waals surface area contributed by atoms with Crippen LogP contribution in [-0.4, -0.2) is 34.1 Å². The Bertz CT molecular complexity index is 774. The maximum Gasteiger partial charge on any atom is 0.123 e. The maximum absolute atomic E-state index is 10.8. The van der Waals surface area contributed by atoms with Gasteiger partial charge < -0.3 is 20.1 Å². The van der Waals surface area contributed by atoms with E-state index in [2.05, 4.69) is 31.2 Å². The van der Waals surface area contributed by atoms with Gasteiger partial charge in [0.1, 0.15) is 11.5 Å². The highest BCUT2D eigenvalue weighted by Crippen LogP contribution is 2.43. The van der Waals surface area contributed by atoms with Crippen molar-refractivity contribution in [2.75, 3.05) is 6.61 Å². The molecule has 0 bridgehead atoms. The summed E-state index contributed by atoms with van der Waals surface area (Å²) < 4.78 is 6.07. The van der Waals surface area contributed by atoms with Crippen molar-refractivity contribution in [1.82, 2.24) is 0 Å². The molecule has 1 aliphatic carbocycles. The standard InChI is InChI=1S/C27H38O4/c1-20(8-5-11-21-9-3-2-4-10-21)31-24-15-16-25(27(30)19-24)26-18-23(29)14-6-12-22(26)13-7-17-28/h2-4,9-10,15-16,19-20,22-23,26,28-30H,5-8,11-14,17-18H2,1H3/t20?,22-,23-,26-/m1/s1. The minimum absolute atomic E-state index is 0.0750. The predicted octanol–water partition coefficient (Wildman–Crippen LogP) is 5.59. The first-order chi connectivity index (χ1) is 15.1. The number of aromatic hydroxyl groups is 1. The summed E-state index contributed by atoms with van der Waals surface area (Å²) in [6.45, 7) is 2.26. The number of hydrogen-bond acceptors (Lipinski definition) is 4. The number of aliphatic hydroxyl groups is 2. The quantitative estimate of drug-likeness (QED) is 0.433. The number of ether oxygens (including phenoxy) is 1. The van der Waals surface area contributed by atoms with E-state index in [1.54, 1.807) is 6.07 Å². The average molecular weight is 427 g/mol. The number of benzene rings is 2. The second-order valence-corrected chi connectivity index (χ2v) is 9.08. The Morgan fingerprint density at radius 2 is 1.87 bits per heavy atom. The Hall–Kier alpha value is -2.04. The van der Waals surface area contributed by atoms with Gasteiger partial charge in [0, 0.05) is 12.7 Å². The highest BCUT2D eigenvalue weighted by Gasteiger charge is 2.30. The normalized spacial score (nSPS) is 22.6. The summed E-state index contributed by atoms with van der Waals surface area (Å²) in [6.07, 6.45) is 7.98. The molecule has 4 nitrogen and oxygen atoms in total. The zero-order valence-corrected chi connectivity index (χ0v) is 18.7. The van der Waals surface area contributed by atoms with Gasteiger partial charge in [0.15, 0.2) is 0 Å². The van der Waals surface area contributed by atoms with E-state index in [-0.39, 0.29) is 30.5 Å². The molecule has 2 aromatic rings. The highest BCUT2D eigenvalue weighted by molar-refractivity contribution is 5.42. The smallest absolute Gasteiger partial charge is 0.123 e. The molecule has 0 saturated heterocycles. The SMILES string of the molecule is CC(CCCc1ccccc1)Oc1ccc([C@@H]2C[C@H](O)CCC[C@@H]2CCCO)c(O)c1. The fourth-order valence-electron chi connectivity index (χ4n) is 4.94. The van der Waals surface area contributed by atoms with Crippen molar-refractivity contribution in [3.63, 3.8) is 0 Å². The van der Waals surface area contributed by atoms with E-state index >= 15 is 0 Å². The van der Waals surface area contributed by atoms with Crippen LogP contribution < -0.4 is 4.74 Å². The molecule has 4 heteroatoms. The Morgan fingerprint density at radius 1 is 1.06 bits per heavy atom. The van der Waals surface area contributed by atoms with Gasteiger partial charge in [0.2, 0.25) is 0 Å². The molecule has 0 radical (unpaired) electrons. The lowest BCUT2D eigenvalue weighted by Crippen LogP contribution is -2.17. The molecule has 0 aliphatic heterocycles. The summed E-state index contributed by atoms with van der Waals surface area (Å²) in [7, 11) is 0. The van der Waals surface area contributed by atoms with Crippen LogP contribution in [0.15, 0.2) is 48.5 Å². The van der Waals surface area contributed by atoms with Crippen LogP contribution in [0.5, 0.6) is 11.5 Å². The summed E-state index contributed by atoms with van der Waals surface area (Å²) in [5.41, 5.74) is 2.24. The minimum Gasteiger partial charge on any atom is -0.508 e. The van der Waals surface area contributed by atoms with Crippen LogP contribution in [-0.2, 0) is 6.42 Å². The summed E-state index contributed by atoms with van der Waals surface area (Å²) in [5, 5.41) is 30.4. The molecule has 170 valence electrons. The molecule has 0 aromatic heterocycles. The third-order valence-electron chi connectivity index (χ3n) is 6.60. The summed E-state index contributed by atoms with van der Waals surface area (Å²) in [4.78, 5) is 0. The van der Waals surface area contributed by atoms with Crippen molar-refractivity contribution in [2.24, 2.45) is 5.92 Å². The Labute approximate surface area is 186 Å². The van der Waals surface area contributed by atoms with E-state index in [4.69, 9.17) is 4.74 Å². The van der Waals surface area contributed by atoms with E-state index in [1.165, 1.54) is 5.56 Å². The highest BCUT2D eigenvalue weighted by atomic mass is 16.5. The Balaban J connectivity index is 1.59. The van der Waals surface area contributed by atoms with Gasteiger partial charge in [0.05, 0.1) is 12.2 Å². The van der Waals surface area contributed by atoms with Gasteiger partial charge in [-0.1, -0.05) is 42.8 Å². The molecule has 4 atom stereocenters. The monoisotopic (exact) mass is 426 g/mol. The summed E-state index contributed by atoms with van der Waals surface area (Å²) >= 11 is 0. The van der Waals surface area contributed by atoms with Crippen LogP contribution in [0, 0.1) is 5.92 Å². The van der Waals surface area contributed by atoms with Crippen molar-refractivity contribution < 1.29 is 20.1 Å². The first-order valence-electron chi connectivity index (χ1n) is 11.9. The molecule has 0 spiro atoms. The lowest BCUT2D eigenvalue weighted by atomic mass is 9.79. The van der Waals surface area contributed by atoms with E-state index in [0.29, 0.717) is 18.1 Å². The predicted molar refractivity (Wildman–Crippen MR) is 125 cm³/mol. The van der Waals surface area contributed by atoms with Gasteiger partial charge in [-0.15, -0.1) is 0 Å². The zero-order chi connectivity index (χ0) is 22.1. The van der Waals surface area contributed by atoms with E-state index in [9.17, 15) is 15.3 Å². The Kier molecular flexibility index (Phi) is 9.23. The molecule has 1 saturated carbocycles. The van der Waals surface area contributed by atoms with Crippen molar-refractivity contribution >= 4 is 0 Å². The zero-order valence-electron chi connectivity index (χ0n) is 18.7. The van der Waals surface area contributed by atoms with Crippen LogP contribution >= 0.6 is 0 Å². The molecule has 2 aromatic carbocycles. The maximum atomic E-state index is 10.8. The van der Waals surface area contributed by atoms with E-state index in [1.807, 2.05) is 18.2 Å². The van der Waals surface area contributed by atoms with Crippen molar-refractivity contribution in [3.8, 4) is 11.5 Å². The molecule has 0 heterocycles. The lowest BCUT2D eigenvalue weighted by Gasteiger charge is -2.27. The summed E-state index contributed by atoms with van der Waals surface area (Å²) in [5.74, 6) is 1.43. The third-order valence-corrected chi connectivity index (χ3v) is 6.60. The molecule has 1 aliphatic rings.